The van der Waals surface area contributed by atoms with Gasteiger partial charge in [-0.2, -0.15) is 4.57 Å². The van der Waals surface area contributed by atoms with E-state index in [1.807, 2.05) is 48.7 Å². The maximum Gasteiger partial charge on any atom is 0.211 e. The lowest BCUT2D eigenvalue weighted by molar-refractivity contribution is -0.597. The highest BCUT2D eigenvalue weighted by Crippen LogP contribution is 2.01. The van der Waals surface area contributed by atoms with Gasteiger partial charge in [-0.25, -0.2) is 0 Å². The van der Waals surface area contributed by atoms with Crippen molar-refractivity contribution in [2.75, 3.05) is 0 Å². The second-order valence-corrected chi connectivity index (χ2v) is 3.04. The molecule has 1 nitrogen and oxygen atoms in total. The summed E-state index contributed by atoms with van der Waals surface area (Å²) in [6.07, 6.45) is 3.89. The molecule has 15 heavy (non-hydrogen) atoms. The smallest absolute Gasteiger partial charge is 0.211 e. The van der Waals surface area contributed by atoms with Crippen LogP contribution in [0.25, 0.3) is 11.8 Å². The first-order chi connectivity index (χ1) is 6.92. The van der Waals surface area contributed by atoms with Gasteiger partial charge in [0, 0.05) is 30.3 Å². The molecular weight excluding hydrogens is 206 g/mol. The molecule has 0 aliphatic rings. The van der Waals surface area contributed by atoms with Crippen molar-refractivity contribution in [3.63, 3.8) is 0 Å². The Morgan fingerprint density at radius 2 is 1.60 bits per heavy atom. The Bertz CT molecular complexity index is 437. The predicted molar refractivity (Wildman–Crippen MR) is 58.1 cm³/mol. The zero-order valence-corrected chi connectivity index (χ0v) is 9.06. The summed E-state index contributed by atoms with van der Waals surface area (Å²) in [6, 6.07) is 16.3. The van der Waals surface area contributed by atoms with Crippen LogP contribution in [0.2, 0.25) is 0 Å². The molecule has 1 heterocycles. The molecule has 0 radical (unpaired) electrons. The zero-order valence-electron chi connectivity index (χ0n) is 8.31. The van der Waals surface area contributed by atoms with Crippen molar-refractivity contribution >= 4 is 6.08 Å². The third-order valence-electron chi connectivity index (χ3n) is 2.13. The van der Waals surface area contributed by atoms with Gasteiger partial charge in [-0.3, -0.25) is 0 Å². The molecule has 0 spiro atoms. The number of benzene rings is 1. The Morgan fingerprint density at radius 3 is 2.27 bits per heavy atom. The SMILES string of the molecule is C=Cc1cccc[n+]1-c1ccccc1.[Cl-]. The minimum atomic E-state index is 0. The lowest BCUT2D eigenvalue weighted by Gasteiger charge is -1.97. The van der Waals surface area contributed by atoms with Crippen LogP contribution in [0.3, 0.4) is 0 Å². The molecule has 0 aliphatic heterocycles. The summed E-state index contributed by atoms with van der Waals surface area (Å²) in [5.74, 6) is 0. The summed E-state index contributed by atoms with van der Waals surface area (Å²) in [7, 11) is 0. The molecule has 1 aromatic carbocycles. The Hall–Kier alpha value is -1.60. The molecular formula is C13H12ClN. The normalized spacial score (nSPS) is 9.07. The van der Waals surface area contributed by atoms with Gasteiger partial charge in [0.1, 0.15) is 0 Å². The molecule has 0 fully saturated rings. The van der Waals surface area contributed by atoms with Crippen LogP contribution in [-0.2, 0) is 0 Å². The average molecular weight is 218 g/mol. The summed E-state index contributed by atoms with van der Waals surface area (Å²) in [5.41, 5.74) is 2.25. The van der Waals surface area contributed by atoms with E-state index in [0.717, 1.165) is 11.4 Å². The summed E-state index contributed by atoms with van der Waals surface area (Å²) in [5, 5.41) is 0. The van der Waals surface area contributed by atoms with Gasteiger partial charge in [0.25, 0.3) is 0 Å². The topological polar surface area (TPSA) is 3.88 Å². The number of hydrogen-bond acceptors (Lipinski definition) is 0. The molecule has 0 amide bonds. The average Bonchev–Trinajstić information content (AvgIpc) is 2.30. The van der Waals surface area contributed by atoms with Gasteiger partial charge in [0.05, 0.1) is 0 Å². The number of pyridine rings is 1. The Kier molecular flexibility index (Phi) is 4.07. The minimum Gasteiger partial charge on any atom is -1.00 e. The lowest BCUT2D eigenvalue weighted by Crippen LogP contribution is -3.00. The highest BCUT2D eigenvalue weighted by Gasteiger charge is 2.07. The van der Waals surface area contributed by atoms with E-state index in [1.54, 1.807) is 0 Å². The van der Waals surface area contributed by atoms with Crippen LogP contribution in [0.5, 0.6) is 0 Å². The van der Waals surface area contributed by atoms with Crippen LogP contribution >= 0.6 is 0 Å². The second-order valence-electron chi connectivity index (χ2n) is 3.04. The number of aromatic nitrogens is 1. The quantitative estimate of drug-likeness (QED) is 0.604. The van der Waals surface area contributed by atoms with E-state index in [4.69, 9.17) is 0 Å². The van der Waals surface area contributed by atoms with E-state index in [-0.39, 0.29) is 12.4 Å². The van der Waals surface area contributed by atoms with Crippen molar-refractivity contribution in [2.24, 2.45) is 0 Å². The number of para-hydroxylation sites is 1. The maximum atomic E-state index is 3.80. The molecule has 0 N–H and O–H groups in total. The van der Waals surface area contributed by atoms with Gasteiger partial charge < -0.3 is 12.4 Å². The number of halogens is 1. The molecule has 0 atom stereocenters. The van der Waals surface area contributed by atoms with Crippen LogP contribution in [0.4, 0.5) is 0 Å². The van der Waals surface area contributed by atoms with E-state index in [9.17, 15) is 0 Å². The fourth-order valence-corrected chi connectivity index (χ4v) is 1.45. The van der Waals surface area contributed by atoms with Crippen LogP contribution in [0.15, 0.2) is 61.3 Å². The molecule has 1 aromatic heterocycles. The van der Waals surface area contributed by atoms with E-state index < -0.39 is 0 Å². The van der Waals surface area contributed by atoms with Crippen molar-refractivity contribution in [2.45, 2.75) is 0 Å². The summed E-state index contributed by atoms with van der Waals surface area (Å²) >= 11 is 0. The molecule has 2 aromatic rings. The first-order valence-corrected chi connectivity index (χ1v) is 4.60. The van der Waals surface area contributed by atoms with Crippen LogP contribution in [0.1, 0.15) is 5.69 Å². The van der Waals surface area contributed by atoms with Gasteiger partial charge in [0.2, 0.25) is 11.4 Å². The number of hydrogen-bond donors (Lipinski definition) is 0. The summed E-state index contributed by atoms with van der Waals surface area (Å²) in [6.45, 7) is 3.80. The number of rotatable bonds is 2. The van der Waals surface area contributed by atoms with Gasteiger partial charge in [-0.05, 0) is 6.07 Å². The van der Waals surface area contributed by atoms with E-state index in [0.29, 0.717) is 0 Å². The number of nitrogens with zero attached hydrogens (tertiary/aromatic N) is 1. The van der Waals surface area contributed by atoms with Crippen LogP contribution in [0, 0.1) is 0 Å². The third-order valence-corrected chi connectivity index (χ3v) is 2.13. The van der Waals surface area contributed by atoms with Crippen molar-refractivity contribution in [1.29, 1.82) is 0 Å². The molecule has 76 valence electrons. The maximum absolute atomic E-state index is 3.80. The lowest BCUT2D eigenvalue weighted by atomic mass is 10.2. The molecule has 0 saturated heterocycles. The van der Waals surface area contributed by atoms with E-state index in [2.05, 4.69) is 23.3 Å². The van der Waals surface area contributed by atoms with E-state index in [1.165, 1.54) is 0 Å². The van der Waals surface area contributed by atoms with Crippen molar-refractivity contribution in [3.05, 3.63) is 67.0 Å². The van der Waals surface area contributed by atoms with Crippen molar-refractivity contribution in [3.8, 4) is 5.69 Å². The van der Waals surface area contributed by atoms with Crippen molar-refractivity contribution in [1.82, 2.24) is 0 Å². The van der Waals surface area contributed by atoms with E-state index >= 15 is 0 Å². The third kappa shape index (κ3) is 2.45. The standard InChI is InChI=1S/C13H12N.ClH/c1-2-12-8-6-7-11-14(12)13-9-4-3-5-10-13;/h2-11H,1H2;1H/q+1;/p-1. The summed E-state index contributed by atoms with van der Waals surface area (Å²) < 4.78 is 2.10. The molecule has 0 aliphatic carbocycles. The van der Waals surface area contributed by atoms with Gasteiger partial charge in [-0.1, -0.05) is 24.8 Å². The zero-order chi connectivity index (χ0) is 9.80. The molecule has 2 heteroatoms. The first kappa shape index (κ1) is 11.5. The Morgan fingerprint density at radius 1 is 0.933 bits per heavy atom. The van der Waals surface area contributed by atoms with Crippen LogP contribution < -0.4 is 17.0 Å². The van der Waals surface area contributed by atoms with Crippen molar-refractivity contribution < 1.29 is 17.0 Å². The minimum absolute atomic E-state index is 0. The summed E-state index contributed by atoms with van der Waals surface area (Å²) in [4.78, 5) is 0. The molecule has 0 unspecified atom stereocenters. The first-order valence-electron chi connectivity index (χ1n) is 4.60. The highest BCUT2D eigenvalue weighted by atomic mass is 35.5. The predicted octanol–water partition coefficient (Wildman–Crippen LogP) is -0.390. The fraction of sp³-hybridized carbons (Fsp3) is 0. The van der Waals surface area contributed by atoms with Gasteiger partial charge >= 0.3 is 0 Å². The monoisotopic (exact) mass is 217 g/mol. The van der Waals surface area contributed by atoms with Crippen LogP contribution in [-0.4, -0.2) is 0 Å². The second kappa shape index (κ2) is 5.32. The Labute approximate surface area is 96.1 Å². The largest absolute Gasteiger partial charge is 1.00 e. The van der Waals surface area contributed by atoms with Gasteiger partial charge in [0.15, 0.2) is 6.20 Å². The molecule has 0 saturated carbocycles. The molecule has 2 rings (SSSR count). The molecule has 0 bridgehead atoms. The van der Waals surface area contributed by atoms with Gasteiger partial charge in [-0.15, -0.1) is 0 Å². The Balaban J connectivity index is 0.00000112. The fourth-order valence-electron chi connectivity index (χ4n) is 1.45. The highest BCUT2D eigenvalue weighted by molar-refractivity contribution is 5.38.